The second-order valence-corrected chi connectivity index (χ2v) is 4.58. The Morgan fingerprint density at radius 3 is 2.17 bits per heavy atom. The van der Waals surface area contributed by atoms with Crippen molar-refractivity contribution in [1.29, 1.82) is 0 Å². The predicted octanol–water partition coefficient (Wildman–Crippen LogP) is 1.17. The third-order valence-corrected chi connectivity index (χ3v) is 2.62. The fourth-order valence-electron chi connectivity index (χ4n) is 1.50. The van der Waals surface area contributed by atoms with E-state index < -0.39 is 5.54 Å². The molecule has 1 aromatic rings. The summed E-state index contributed by atoms with van der Waals surface area (Å²) in [6, 6.07) is 5.20. The SMILES string of the molecule is COc1cccc(OC)c1C(=O)NC(C)(C)CN. The summed E-state index contributed by atoms with van der Waals surface area (Å²) in [6.07, 6.45) is 0. The van der Waals surface area contributed by atoms with Crippen molar-refractivity contribution in [2.75, 3.05) is 20.8 Å². The van der Waals surface area contributed by atoms with Gasteiger partial charge in [0.1, 0.15) is 17.1 Å². The fraction of sp³-hybridized carbons (Fsp3) is 0.462. The van der Waals surface area contributed by atoms with E-state index in [0.29, 0.717) is 23.6 Å². The monoisotopic (exact) mass is 252 g/mol. The Bertz CT molecular complexity index is 408. The van der Waals surface area contributed by atoms with Crippen LogP contribution in [0, 0.1) is 0 Å². The number of rotatable bonds is 5. The lowest BCUT2D eigenvalue weighted by atomic mass is 10.0. The van der Waals surface area contributed by atoms with Gasteiger partial charge in [0.05, 0.1) is 14.2 Å². The molecule has 0 atom stereocenters. The van der Waals surface area contributed by atoms with Crippen molar-refractivity contribution in [2.45, 2.75) is 19.4 Å². The van der Waals surface area contributed by atoms with E-state index in [-0.39, 0.29) is 5.91 Å². The number of nitrogens with two attached hydrogens (primary N) is 1. The van der Waals surface area contributed by atoms with Gasteiger partial charge in [-0.2, -0.15) is 0 Å². The summed E-state index contributed by atoms with van der Waals surface area (Å²) < 4.78 is 10.4. The number of hydrogen-bond acceptors (Lipinski definition) is 4. The third-order valence-electron chi connectivity index (χ3n) is 2.62. The fourth-order valence-corrected chi connectivity index (χ4v) is 1.50. The highest BCUT2D eigenvalue weighted by Crippen LogP contribution is 2.28. The Hall–Kier alpha value is -1.75. The molecule has 1 rings (SSSR count). The van der Waals surface area contributed by atoms with Gasteiger partial charge in [-0.15, -0.1) is 0 Å². The highest BCUT2D eigenvalue weighted by molar-refractivity contribution is 6.00. The number of methoxy groups -OCH3 is 2. The minimum absolute atomic E-state index is 0.264. The van der Waals surface area contributed by atoms with Crippen LogP contribution in [-0.2, 0) is 0 Å². The topological polar surface area (TPSA) is 73.6 Å². The molecule has 1 amide bonds. The van der Waals surface area contributed by atoms with Crippen LogP contribution < -0.4 is 20.5 Å². The Kier molecular flexibility index (Phi) is 4.55. The van der Waals surface area contributed by atoms with Crippen LogP contribution in [0.3, 0.4) is 0 Å². The van der Waals surface area contributed by atoms with Gasteiger partial charge in [0, 0.05) is 12.1 Å². The van der Waals surface area contributed by atoms with Gasteiger partial charge in [0.2, 0.25) is 0 Å². The van der Waals surface area contributed by atoms with Crippen LogP contribution >= 0.6 is 0 Å². The first-order valence-corrected chi connectivity index (χ1v) is 5.68. The van der Waals surface area contributed by atoms with E-state index in [2.05, 4.69) is 5.32 Å². The minimum atomic E-state index is -0.483. The van der Waals surface area contributed by atoms with Crippen LogP contribution in [0.5, 0.6) is 11.5 Å². The molecule has 0 fully saturated rings. The number of carbonyl (C=O) groups excluding carboxylic acids is 1. The minimum Gasteiger partial charge on any atom is -0.496 e. The average molecular weight is 252 g/mol. The molecule has 0 aromatic heterocycles. The Morgan fingerprint density at radius 1 is 1.28 bits per heavy atom. The molecule has 0 spiro atoms. The zero-order valence-corrected chi connectivity index (χ0v) is 11.2. The van der Waals surface area contributed by atoms with Crippen molar-refractivity contribution in [3.05, 3.63) is 23.8 Å². The first-order chi connectivity index (χ1) is 8.45. The van der Waals surface area contributed by atoms with Crippen molar-refractivity contribution < 1.29 is 14.3 Å². The molecule has 0 saturated heterocycles. The van der Waals surface area contributed by atoms with Crippen LogP contribution in [0.1, 0.15) is 24.2 Å². The zero-order valence-electron chi connectivity index (χ0n) is 11.2. The molecule has 0 aliphatic rings. The van der Waals surface area contributed by atoms with E-state index in [1.807, 2.05) is 13.8 Å². The van der Waals surface area contributed by atoms with Crippen molar-refractivity contribution in [3.63, 3.8) is 0 Å². The van der Waals surface area contributed by atoms with E-state index in [4.69, 9.17) is 15.2 Å². The van der Waals surface area contributed by atoms with Crippen molar-refractivity contribution >= 4 is 5.91 Å². The van der Waals surface area contributed by atoms with Gasteiger partial charge < -0.3 is 20.5 Å². The van der Waals surface area contributed by atoms with Crippen LogP contribution in [-0.4, -0.2) is 32.2 Å². The molecule has 0 aliphatic carbocycles. The van der Waals surface area contributed by atoms with Crippen LogP contribution in [0.25, 0.3) is 0 Å². The van der Waals surface area contributed by atoms with Crippen molar-refractivity contribution in [2.24, 2.45) is 5.73 Å². The summed E-state index contributed by atoms with van der Waals surface area (Å²) in [7, 11) is 3.03. The van der Waals surface area contributed by atoms with E-state index in [0.717, 1.165) is 0 Å². The molecule has 0 radical (unpaired) electrons. The van der Waals surface area contributed by atoms with Crippen molar-refractivity contribution in [3.8, 4) is 11.5 Å². The lowest BCUT2D eigenvalue weighted by Gasteiger charge is -2.25. The Balaban J connectivity index is 3.11. The van der Waals surface area contributed by atoms with Crippen LogP contribution in [0.2, 0.25) is 0 Å². The van der Waals surface area contributed by atoms with E-state index in [1.54, 1.807) is 18.2 Å². The summed E-state index contributed by atoms with van der Waals surface area (Å²) in [5.41, 5.74) is 5.49. The summed E-state index contributed by atoms with van der Waals surface area (Å²) >= 11 is 0. The molecular weight excluding hydrogens is 232 g/mol. The second-order valence-electron chi connectivity index (χ2n) is 4.58. The highest BCUT2D eigenvalue weighted by Gasteiger charge is 2.24. The number of benzene rings is 1. The molecule has 18 heavy (non-hydrogen) atoms. The summed E-state index contributed by atoms with van der Waals surface area (Å²) in [4.78, 5) is 12.3. The maximum Gasteiger partial charge on any atom is 0.259 e. The third kappa shape index (κ3) is 3.13. The Morgan fingerprint density at radius 2 is 1.78 bits per heavy atom. The predicted molar refractivity (Wildman–Crippen MR) is 70.1 cm³/mol. The smallest absolute Gasteiger partial charge is 0.259 e. The number of hydrogen-bond donors (Lipinski definition) is 2. The molecule has 0 unspecified atom stereocenters. The molecular formula is C13H20N2O3. The van der Waals surface area contributed by atoms with Gasteiger partial charge in [-0.3, -0.25) is 4.79 Å². The Labute approximate surface area is 107 Å². The van der Waals surface area contributed by atoms with Crippen molar-refractivity contribution in [1.82, 2.24) is 5.32 Å². The molecule has 5 nitrogen and oxygen atoms in total. The van der Waals surface area contributed by atoms with Crippen LogP contribution in [0.15, 0.2) is 18.2 Å². The first kappa shape index (κ1) is 14.3. The zero-order chi connectivity index (χ0) is 13.8. The van der Waals surface area contributed by atoms with Gasteiger partial charge >= 0.3 is 0 Å². The number of amides is 1. The first-order valence-electron chi connectivity index (χ1n) is 5.68. The molecule has 0 bridgehead atoms. The summed E-state index contributed by atoms with van der Waals surface area (Å²) in [5.74, 6) is 0.680. The maximum atomic E-state index is 12.3. The number of nitrogens with one attached hydrogen (secondary N) is 1. The lowest BCUT2D eigenvalue weighted by molar-refractivity contribution is 0.0909. The molecule has 0 aliphatic heterocycles. The average Bonchev–Trinajstić information content (AvgIpc) is 2.37. The molecule has 100 valence electrons. The second kappa shape index (κ2) is 5.73. The normalized spacial score (nSPS) is 10.9. The van der Waals surface area contributed by atoms with Gasteiger partial charge in [-0.1, -0.05) is 6.07 Å². The number of ether oxygens (including phenoxy) is 2. The maximum absolute atomic E-state index is 12.3. The van der Waals surface area contributed by atoms with Gasteiger partial charge in [0.25, 0.3) is 5.91 Å². The van der Waals surface area contributed by atoms with Gasteiger partial charge in [0.15, 0.2) is 0 Å². The summed E-state index contributed by atoms with van der Waals surface area (Å²) in [6.45, 7) is 4.05. The van der Waals surface area contributed by atoms with E-state index in [1.165, 1.54) is 14.2 Å². The van der Waals surface area contributed by atoms with Gasteiger partial charge in [-0.25, -0.2) is 0 Å². The molecule has 0 heterocycles. The van der Waals surface area contributed by atoms with E-state index >= 15 is 0 Å². The molecule has 1 aromatic carbocycles. The molecule has 0 saturated carbocycles. The molecule has 5 heteroatoms. The number of carbonyl (C=O) groups is 1. The standard InChI is InChI=1S/C13H20N2O3/c1-13(2,8-14)15-12(16)11-9(17-3)6-5-7-10(11)18-4/h5-7H,8,14H2,1-4H3,(H,15,16). The van der Waals surface area contributed by atoms with E-state index in [9.17, 15) is 4.79 Å². The highest BCUT2D eigenvalue weighted by atomic mass is 16.5. The largest absolute Gasteiger partial charge is 0.496 e. The lowest BCUT2D eigenvalue weighted by Crippen LogP contribution is -2.48. The molecule has 3 N–H and O–H groups in total. The quantitative estimate of drug-likeness (QED) is 0.825. The van der Waals surface area contributed by atoms with Crippen LogP contribution in [0.4, 0.5) is 0 Å². The van der Waals surface area contributed by atoms with Gasteiger partial charge in [-0.05, 0) is 26.0 Å². The summed E-state index contributed by atoms with van der Waals surface area (Å²) in [5, 5.41) is 2.85.